The number of aromatic nitrogens is 3. The first-order chi connectivity index (χ1) is 30.7. The highest BCUT2D eigenvalue weighted by atomic mass is 15.0. The summed E-state index contributed by atoms with van der Waals surface area (Å²) in [5.74, 6) is 1.88. The van der Waals surface area contributed by atoms with Gasteiger partial charge in [0.25, 0.3) is 0 Å². The molecule has 0 atom stereocenters. The molecule has 0 unspecified atom stereocenters. The Morgan fingerprint density at radius 2 is 0.613 bits per heavy atom. The van der Waals surface area contributed by atoms with Crippen molar-refractivity contribution in [3.8, 4) is 78.7 Å². The molecule has 0 aliphatic heterocycles. The number of rotatable bonds is 7. The first-order valence-electron chi connectivity index (χ1n) is 20.7. The van der Waals surface area contributed by atoms with Gasteiger partial charge in [-0.15, -0.1) is 0 Å². The van der Waals surface area contributed by atoms with Crippen LogP contribution in [0.5, 0.6) is 0 Å². The van der Waals surface area contributed by atoms with E-state index in [1.165, 1.54) is 43.4 Å². The maximum atomic E-state index is 7.32. The van der Waals surface area contributed by atoms with Gasteiger partial charge in [0.15, 0.2) is 23.2 Å². The fraction of sp³-hybridized carbons (Fsp3) is 0. The molecule has 0 bridgehead atoms. The SMILES string of the molecule is [C-]#[N+]c1ccc(-c2ccc(-c3cc4c5ccccc5c(-c5cccc(-c6nc(-c7ccccc7)nc(-c7ccc(-c8ccccc8)cc7)n6)c5)cc4c4ccccc34)cc2)cc1. The van der Waals surface area contributed by atoms with Crippen LogP contribution < -0.4 is 0 Å². The van der Waals surface area contributed by atoms with Crippen LogP contribution in [0.15, 0.2) is 218 Å². The van der Waals surface area contributed by atoms with E-state index in [0.29, 0.717) is 23.2 Å². The van der Waals surface area contributed by atoms with Gasteiger partial charge in [0.1, 0.15) is 0 Å². The van der Waals surface area contributed by atoms with Crippen LogP contribution in [0.2, 0.25) is 0 Å². The molecular formula is C58H36N4. The van der Waals surface area contributed by atoms with E-state index >= 15 is 0 Å². The first kappa shape index (κ1) is 36.6. The molecule has 0 aliphatic rings. The maximum absolute atomic E-state index is 7.32. The molecule has 0 radical (unpaired) electrons. The number of hydrogen-bond donors (Lipinski definition) is 0. The minimum Gasteiger partial charge on any atom is -0.238 e. The van der Waals surface area contributed by atoms with Gasteiger partial charge in [0, 0.05) is 16.7 Å². The molecule has 0 amide bonds. The van der Waals surface area contributed by atoms with Crippen molar-refractivity contribution in [3.05, 3.63) is 230 Å². The minimum atomic E-state index is 0.620. The third-order valence-corrected chi connectivity index (χ3v) is 11.8. The van der Waals surface area contributed by atoms with Crippen molar-refractivity contribution in [2.24, 2.45) is 0 Å². The average molecular weight is 789 g/mol. The number of benzene rings is 10. The lowest BCUT2D eigenvalue weighted by molar-refractivity contribution is 1.07. The predicted octanol–water partition coefficient (Wildman–Crippen LogP) is 15.6. The predicted molar refractivity (Wildman–Crippen MR) is 257 cm³/mol. The standard InChI is InChI=1S/C58H36N4/c1-59-47-33-31-41(32-34-47)40-23-27-42(28-24-40)52-36-54-51-22-11-9-20-49(51)53(37-55(54)50-21-10-8-19-48(50)52)45-17-12-18-46(35-45)58-61-56(43-15-6-3-7-16-43)60-57(62-58)44-29-25-39(26-30-44)38-13-4-2-5-14-38/h2-37H. The molecule has 1 aromatic heterocycles. The van der Waals surface area contributed by atoms with Crippen molar-refractivity contribution in [2.45, 2.75) is 0 Å². The zero-order valence-corrected chi connectivity index (χ0v) is 33.6. The fourth-order valence-corrected chi connectivity index (χ4v) is 8.62. The van der Waals surface area contributed by atoms with Crippen LogP contribution in [0.25, 0.3) is 116 Å². The zero-order chi connectivity index (χ0) is 41.4. The lowest BCUT2D eigenvalue weighted by atomic mass is 9.87. The van der Waals surface area contributed by atoms with Gasteiger partial charge in [-0.25, -0.2) is 19.8 Å². The van der Waals surface area contributed by atoms with Crippen molar-refractivity contribution < 1.29 is 0 Å². The molecule has 0 saturated carbocycles. The molecule has 10 aromatic carbocycles. The van der Waals surface area contributed by atoms with Crippen molar-refractivity contribution in [1.82, 2.24) is 15.0 Å². The molecule has 4 heteroatoms. The molecule has 4 nitrogen and oxygen atoms in total. The molecule has 288 valence electrons. The molecule has 0 saturated heterocycles. The Balaban J connectivity index is 1.03. The topological polar surface area (TPSA) is 43.0 Å². The van der Waals surface area contributed by atoms with E-state index in [0.717, 1.165) is 50.1 Å². The Hall–Kier alpha value is -8.52. The Labute approximate surface area is 360 Å². The van der Waals surface area contributed by atoms with Crippen molar-refractivity contribution in [3.63, 3.8) is 0 Å². The van der Waals surface area contributed by atoms with E-state index in [1.807, 2.05) is 60.7 Å². The summed E-state index contributed by atoms with van der Waals surface area (Å²) < 4.78 is 0. The highest BCUT2D eigenvalue weighted by Crippen LogP contribution is 2.43. The summed E-state index contributed by atoms with van der Waals surface area (Å²) in [6.45, 7) is 7.32. The largest absolute Gasteiger partial charge is 0.238 e. The summed E-state index contributed by atoms with van der Waals surface area (Å²) in [7, 11) is 0. The lowest BCUT2D eigenvalue weighted by Crippen LogP contribution is -2.00. The molecule has 62 heavy (non-hydrogen) atoms. The molecule has 0 fully saturated rings. The maximum Gasteiger partial charge on any atom is 0.187 e. The van der Waals surface area contributed by atoms with Crippen molar-refractivity contribution in [1.29, 1.82) is 0 Å². The van der Waals surface area contributed by atoms with E-state index in [9.17, 15) is 0 Å². The van der Waals surface area contributed by atoms with Gasteiger partial charge in [0.2, 0.25) is 0 Å². The van der Waals surface area contributed by atoms with E-state index in [4.69, 9.17) is 21.5 Å². The second-order valence-electron chi connectivity index (χ2n) is 15.5. The van der Waals surface area contributed by atoms with Gasteiger partial charge < -0.3 is 0 Å². The summed E-state index contributed by atoms with van der Waals surface area (Å²) in [6.07, 6.45) is 0. The van der Waals surface area contributed by atoms with Crippen molar-refractivity contribution in [2.75, 3.05) is 0 Å². The highest BCUT2D eigenvalue weighted by Gasteiger charge is 2.17. The summed E-state index contributed by atoms with van der Waals surface area (Å²) in [5.41, 5.74) is 12.5. The van der Waals surface area contributed by atoms with Crippen LogP contribution in [0.3, 0.4) is 0 Å². The molecule has 0 aliphatic carbocycles. The van der Waals surface area contributed by atoms with E-state index in [1.54, 1.807) is 0 Å². The van der Waals surface area contributed by atoms with Gasteiger partial charge in [-0.1, -0.05) is 200 Å². The van der Waals surface area contributed by atoms with E-state index in [-0.39, 0.29) is 0 Å². The zero-order valence-electron chi connectivity index (χ0n) is 33.6. The fourth-order valence-electron chi connectivity index (χ4n) is 8.62. The van der Waals surface area contributed by atoms with Crippen LogP contribution in [0.1, 0.15) is 0 Å². The molecular weight excluding hydrogens is 753 g/mol. The monoisotopic (exact) mass is 788 g/mol. The normalized spacial score (nSPS) is 11.2. The third-order valence-electron chi connectivity index (χ3n) is 11.8. The summed E-state index contributed by atoms with van der Waals surface area (Å²) in [6, 6.07) is 76.3. The molecule has 11 aromatic rings. The number of fused-ring (bicyclic) bond motifs is 5. The van der Waals surface area contributed by atoms with Crippen LogP contribution in [-0.4, -0.2) is 15.0 Å². The lowest BCUT2D eigenvalue weighted by Gasteiger charge is -2.16. The quantitative estimate of drug-likeness (QED) is 0.119. The van der Waals surface area contributed by atoms with Crippen LogP contribution >= 0.6 is 0 Å². The van der Waals surface area contributed by atoms with Crippen LogP contribution in [-0.2, 0) is 0 Å². The molecule has 0 N–H and O–H groups in total. The average Bonchev–Trinajstić information content (AvgIpc) is 3.36. The summed E-state index contributed by atoms with van der Waals surface area (Å²) in [5, 5.41) is 7.19. The second-order valence-corrected chi connectivity index (χ2v) is 15.5. The molecule has 0 spiro atoms. The van der Waals surface area contributed by atoms with E-state index in [2.05, 4.69) is 163 Å². The smallest absolute Gasteiger partial charge is 0.187 e. The van der Waals surface area contributed by atoms with Gasteiger partial charge in [-0.2, -0.15) is 0 Å². The molecule has 11 rings (SSSR count). The Morgan fingerprint density at radius 3 is 1.15 bits per heavy atom. The summed E-state index contributed by atoms with van der Waals surface area (Å²) in [4.78, 5) is 18.8. The third kappa shape index (κ3) is 6.74. The van der Waals surface area contributed by atoms with Crippen molar-refractivity contribution >= 4 is 38.0 Å². The van der Waals surface area contributed by atoms with Gasteiger partial charge >= 0.3 is 0 Å². The Morgan fingerprint density at radius 1 is 0.258 bits per heavy atom. The Bertz CT molecular complexity index is 3480. The highest BCUT2D eigenvalue weighted by molar-refractivity contribution is 6.23. The minimum absolute atomic E-state index is 0.620. The second kappa shape index (κ2) is 15.6. The van der Waals surface area contributed by atoms with Gasteiger partial charge in [-0.05, 0) is 95.0 Å². The van der Waals surface area contributed by atoms with Crippen LogP contribution in [0, 0.1) is 6.57 Å². The Kier molecular flexibility index (Phi) is 9.19. The molecule has 1 heterocycles. The summed E-state index contributed by atoms with van der Waals surface area (Å²) >= 11 is 0. The first-order valence-corrected chi connectivity index (χ1v) is 20.7. The van der Waals surface area contributed by atoms with Gasteiger partial charge in [0.05, 0.1) is 6.57 Å². The number of hydrogen-bond acceptors (Lipinski definition) is 3. The van der Waals surface area contributed by atoms with Gasteiger partial charge in [-0.3, -0.25) is 0 Å². The number of nitrogens with zero attached hydrogens (tertiary/aromatic N) is 4. The van der Waals surface area contributed by atoms with E-state index < -0.39 is 0 Å². The van der Waals surface area contributed by atoms with Crippen LogP contribution in [0.4, 0.5) is 5.69 Å².